The molecule has 1 atom stereocenters. The molecule has 0 radical (unpaired) electrons. The van der Waals surface area contributed by atoms with Crippen molar-refractivity contribution >= 4 is 18.3 Å². The number of primary amides is 1. The van der Waals surface area contributed by atoms with Gasteiger partial charge >= 0.3 is 0 Å². The van der Waals surface area contributed by atoms with Crippen LogP contribution >= 0.6 is 0 Å². The van der Waals surface area contributed by atoms with Gasteiger partial charge in [-0.05, 0) is 42.9 Å². The first-order chi connectivity index (χ1) is 11.7. The third kappa shape index (κ3) is 8.88. The van der Waals surface area contributed by atoms with Crippen LogP contribution in [-0.4, -0.2) is 30.9 Å². The van der Waals surface area contributed by atoms with Crippen LogP contribution in [0.25, 0.3) is 0 Å². The maximum absolute atomic E-state index is 10.8. The predicted molar refractivity (Wildman–Crippen MR) is 90.7 cm³/mol. The van der Waals surface area contributed by atoms with Gasteiger partial charge in [0.1, 0.15) is 5.94 Å². The molecule has 6 nitrogen and oxygen atoms in total. The molecule has 1 unspecified atom stereocenters. The summed E-state index contributed by atoms with van der Waals surface area (Å²) >= 11 is 0. The number of unbranched alkanes of at least 4 members (excludes halogenated alkanes) is 1. The molecule has 0 saturated carbocycles. The fourth-order valence-electron chi connectivity index (χ4n) is 2.22. The van der Waals surface area contributed by atoms with Gasteiger partial charge in [0, 0.05) is 6.42 Å². The minimum absolute atomic E-state index is 0.211. The van der Waals surface area contributed by atoms with Crippen molar-refractivity contribution in [2.24, 2.45) is 5.73 Å². The van der Waals surface area contributed by atoms with E-state index >= 15 is 0 Å². The van der Waals surface area contributed by atoms with Crippen LogP contribution in [0.1, 0.15) is 36.8 Å². The number of carbonyl (C=O) groups excluding carboxylic acids is 3. The highest BCUT2D eigenvalue weighted by molar-refractivity contribution is 5.73. The minimum Gasteiger partial charge on any atom is -0.375 e. The van der Waals surface area contributed by atoms with Gasteiger partial charge in [-0.1, -0.05) is 24.3 Å². The van der Waals surface area contributed by atoms with Crippen molar-refractivity contribution < 1.29 is 19.1 Å². The number of allylic oxidation sites excluding steroid dienone is 1. The second-order valence-electron chi connectivity index (χ2n) is 5.53. The Labute approximate surface area is 142 Å². The fourth-order valence-corrected chi connectivity index (χ4v) is 2.22. The fraction of sp³-hybridized carbons (Fsp3) is 0.444. The van der Waals surface area contributed by atoms with Crippen LogP contribution in [0.4, 0.5) is 0 Å². The van der Waals surface area contributed by atoms with E-state index in [1.54, 1.807) is 5.94 Å². The third-order valence-corrected chi connectivity index (χ3v) is 3.55. The molecule has 0 aliphatic heterocycles. The Hall–Kier alpha value is -2.43. The molecule has 0 bridgehead atoms. The van der Waals surface area contributed by atoms with Crippen LogP contribution in [0, 0.1) is 0 Å². The molecule has 3 N–H and O–H groups in total. The Bertz CT molecular complexity index is 551. The van der Waals surface area contributed by atoms with Crippen molar-refractivity contribution in [1.29, 1.82) is 0 Å². The van der Waals surface area contributed by atoms with Crippen molar-refractivity contribution in [3.8, 4) is 0 Å². The molecule has 0 fully saturated rings. The normalized spacial score (nSPS) is 11.3. The number of nitrogens with two attached hydrogens (primary N) is 1. The van der Waals surface area contributed by atoms with Gasteiger partial charge in [-0.2, -0.15) is 0 Å². The summed E-state index contributed by atoms with van der Waals surface area (Å²) in [7, 11) is 0. The van der Waals surface area contributed by atoms with Gasteiger partial charge in [0.25, 0.3) is 0 Å². The van der Waals surface area contributed by atoms with Crippen molar-refractivity contribution in [2.45, 2.75) is 44.8 Å². The molecule has 130 valence electrons. The quantitative estimate of drug-likeness (QED) is 0.323. The first kappa shape index (κ1) is 19.6. The van der Waals surface area contributed by atoms with E-state index in [9.17, 15) is 14.4 Å². The van der Waals surface area contributed by atoms with Crippen LogP contribution in [0.15, 0.2) is 30.3 Å². The molecule has 1 aromatic rings. The number of benzene rings is 1. The Morgan fingerprint density at radius 2 is 2.00 bits per heavy atom. The Kier molecular flexibility index (Phi) is 9.85. The van der Waals surface area contributed by atoms with E-state index in [0.29, 0.717) is 26.0 Å². The van der Waals surface area contributed by atoms with E-state index in [-0.39, 0.29) is 12.5 Å². The zero-order chi connectivity index (χ0) is 17.6. The molecule has 6 heteroatoms. The molecular weight excluding hydrogens is 308 g/mol. The second kappa shape index (κ2) is 12.0. The van der Waals surface area contributed by atoms with Crippen LogP contribution in [0.3, 0.4) is 0 Å². The maximum atomic E-state index is 10.8. The lowest BCUT2D eigenvalue weighted by Gasteiger charge is -2.15. The summed E-state index contributed by atoms with van der Waals surface area (Å²) in [6.45, 7) is 0.758. The molecule has 1 aromatic carbocycles. The van der Waals surface area contributed by atoms with Crippen molar-refractivity contribution in [3.63, 3.8) is 0 Å². The zero-order valence-electron chi connectivity index (χ0n) is 13.7. The molecular formula is C18H24N2O4. The lowest BCUT2D eigenvalue weighted by molar-refractivity contribution is -0.118. The summed E-state index contributed by atoms with van der Waals surface area (Å²) in [5.74, 6) is 1.38. The van der Waals surface area contributed by atoms with Gasteiger partial charge < -0.3 is 15.8 Å². The maximum Gasteiger partial charge on any atom is 0.217 e. The summed E-state index contributed by atoms with van der Waals surface area (Å²) in [5.41, 5.74) is 7.35. The predicted octanol–water partition coefficient (Wildman–Crippen LogP) is 1.29. The molecule has 0 heterocycles. The number of aryl methyl sites for hydroxylation is 1. The molecule has 0 spiro atoms. The van der Waals surface area contributed by atoms with E-state index in [1.807, 2.05) is 24.3 Å². The lowest BCUT2D eigenvalue weighted by Crippen LogP contribution is -2.33. The average molecular weight is 332 g/mol. The Morgan fingerprint density at radius 3 is 2.62 bits per heavy atom. The largest absolute Gasteiger partial charge is 0.375 e. The van der Waals surface area contributed by atoms with Crippen LogP contribution in [0.5, 0.6) is 0 Å². The molecule has 24 heavy (non-hydrogen) atoms. The van der Waals surface area contributed by atoms with Gasteiger partial charge in [-0.3, -0.25) is 9.59 Å². The monoisotopic (exact) mass is 332 g/mol. The topological polar surface area (TPSA) is 98.5 Å². The highest BCUT2D eigenvalue weighted by Crippen LogP contribution is 2.09. The number of nitrogens with one attached hydrogen (secondary N) is 1. The van der Waals surface area contributed by atoms with Crippen molar-refractivity contribution in [3.05, 3.63) is 41.5 Å². The van der Waals surface area contributed by atoms with Gasteiger partial charge in [0.05, 0.1) is 19.3 Å². The molecule has 0 aliphatic carbocycles. The van der Waals surface area contributed by atoms with Crippen LogP contribution in [0.2, 0.25) is 0 Å². The van der Waals surface area contributed by atoms with Crippen molar-refractivity contribution in [2.75, 3.05) is 6.61 Å². The number of ether oxygens (including phenoxy) is 1. The standard InChI is InChI=1S/C18H24N2O4/c19-18(23)10-9-17(20-14-22)13-24-12-16-7-5-15(6-8-16)4-2-1-3-11-21/h3,5-8,14,17H,1-2,4,9-10,12-13H2,(H2,19,23)(H,20,22). The van der Waals surface area contributed by atoms with E-state index in [1.165, 1.54) is 11.6 Å². The van der Waals surface area contributed by atoms with Crippen LogP contribution in [-0.2, 0) is 32.1 Å². The second-order valence-corrected chi connectivity index (χ2v) is 5.53. The number of amides is 2. The van der Waals surface area contributed by atoms with Gasteiger partial charge in [0.15, 0.2) is 0 Å². The number of hydrogen-bond acceptors (Lipinski definition) is 4. The summed E-state index contributed by atoms with van der Waals surface area (Å²) in [6, 6.07) is 7.85. The van der Waals surface area contributed by atoms with Crippen molar-refractivity contribution in [1.82, 2.24) is 5.32 Å². The summed E-state index contributed by atoms with van der Waals surface area (Å²) in [5, 5.41) is 2.62. The SMILES string of the molecule is NC(=O)CCC(COCc1ccc(CCCC=C=O)cc1)NC=O. The molecule has 1 rings (SSSR count). The first-order valence-corrected chi connectivity index (χ1v) is 7.98. The number of hydrogen-bond donors (Lipinski definition) is 2. The van der Waals surface area contributed by atoms with E-state index in [0.717, 1.165) is 24.8 Å². The van der Waals surface area contributed by atoms with Crippen LogP contribution < -0.4 is 11.1 Å². The van der Waals surface area contributed by atoms with E-state index in [2.05, 4.69) is 5.32 Å². The summed E-state index contributed by atoms with van der Waals surface area (Å²) in [4.78, 5) is 31.4. The van der Waals surface area contributed by atoms with Gasteiger partial charge in [-0.15, -0.1) is 0 Å². The number of rotatable bonds is 13. The summed E-state index contributed by atoms with van der Waals surface area (Å²) in [6.07, 6.45) is 5.35. The molecule has 0 saturated heterocycles. The third-order valence-electron chi connectivity index (χ3n) is 3.55. The smallest absolute Gasteiger partial charge is 0.217 e. The van der Waals surface area contributed by atoms with E-state index in [4.69, 9.17) is 10.5 Å². The highest BCUT2D eigenvalue weighted by atomic mass is 16.5. The Morgan fingerprint density at radius 1 is 1.29 bits per heavy atom. The highest BCUT2D eigenvalue weighted by Gasteiger charge is 2.09. The zero-order valence-corrected chi connectivity index (χ0v) is 13.7. The molecule has 2 amide bonds. The van der Waals surface area contributed by atoms with E-state index < -0.39 is 5.91 Å². The minimum atomic E-state index is -0.396. The van der Waals surface area contributed by atoms with Gasteiger partial charge in [0.2, 0.25) is 12.3 Å². The van der Waals surface area contributed by atoms with Gasteiger partial charge in [-0.25, -0.2) is 4.79 Å². The molecule has 0 aliphatic rings. The lowest BCUT2D eigenvalue weighted by atomic mass is 10.1. The summed E-state index contributed by atoms with van der Waals surface area (Å²) < 4.78 is 5.60. The first-order valence-electron chi connectivity index (χ1n) is 7.98. The average Bonchev–Trinajstić information content (AvgIpc) is 2.58. The molecule has 0 aromatic heterocycles. The Balaban J connectivity index is 2.33. The number of carbonyl (C=O) groups is 2.